The highest BCUT2D eigenvalue weighted by molar-refractivity contribution is 9.10. The van der Waals surface area contributed by atoms with Crippen molar-refractivity contribution in [3.63, 3.8) is 0 Å². The Morgan fingerprint density at radius 2 is 0.760 bits per heavy atom. The summed E-state index contributed by atoms with van der Waals surface area (Å²) in [6, 6.07) is 95.2. The second-order valence-electron chi connectivity index (χ2n) is 34.8. The standard InChI is InChI=1S/C40H35N5.C26H19N3.C20H15BrN2.C11H11BrN2.C9H11N/c1-24-20-25(2)45(42-24)27-13-9-12-26(21-27)43-34-18-8-7-16-30(34)39(3,4)32-22-33-36(23-35(32)43)44-37-28(29-15-11-19-41-38(29)44)14-10-17-31(37)40(33,5)6;1-26(2)19-10-5-8-16-17-9-6-12-27-25(17)29(24(16)19)23-14-22-18(13-20(23)26)15-7-3-4-11-21(15)28-22;1-20(2)15-9-8-12(21)11-17(15)23-18-13(5-3-7-16(18)20)14-6-4-10-22-19(14)23;1-8-6-9(2)14(13-8)11-5-3-4-10(12)7-11;1-7(2)8-5-3-4-6-9(8)10/h7-23H,1-6H3;3-14,28H,1-2H3;3-11H,1-2H3;3-7H,1-2H3;3-6H,1,10H2,2H3. The fourth-order valence-corrected chi connectivity index (χ4v) is 20.6. The number of halogens is 2. The predicted octanol–water partition coefficient (Wildman–Crippen LogP) is 27.3. The number of para-hydroxylation sites is 6. The van der Waals surface area contributed by atoms with Crippen molar-refractivity contribution in [2.75, 3.05) is 10.6 Å². The van der Waals surface area contributed by atoms with Gasteiger partial charge in [-0.3, -0.25) is 13.7 Å². The lowest BCUT2D eigenvalue weighted by molar-refractivity contribution is 0.606. The monoisotopic (exact) mass is 1700 g/mol. The Labute approximate surface area is 720 Å². The minimum absolute atomic E-state index is 0.0279. The number of nitrogens with one attached hydrogen (secondary N) is 1. The highest BCUT2D eigenvalue weighted by atomic mass is 79.9. The Morgan fingerprint density at radius 3 is 1.30 bits per heavy atom. The van der Waals surface area contributed by atoms with Gasteiger partial charge in [0.15, 0.2) is 0 Å². The SMILES string of the molecule is C=C(C)c1ccccc1N.CC1(C)c2cc3c(cc2-n2c4ncccc4c4cccc1c42)[nH]c1ccccc13.CC1(C)c2ccc(Br)cc2-n2c3ncccc3c3cccc1c32.Cc1cc(C)n(-c2cccc(Br)c2)n1.Cc1cc(C)n(-c2cccc(N3c4ccccc4C(C)(C)c4cc5c(cc43)-n3c4ncccc4c4cccc(c43)C5(C)C)c2)n1. The van der Waals surface area contributed by atoms with Crippen LogP contribution in [0.5, 0.6) is 0 Å². The Hall–Kier alpha value is -13.2. The first-order valence-corrected chi connectivity index (χ1v) is 42.9. The molecule has 11 aromatic carbocycles. The van der Waals surface area contributed by atoms with E-state index in [2.05, 4.69) is 348 Å². The van der Waals surface area contributed by atoms with E-state index >= 15 is 0 Å². The molecule has 0 bridgehead atoms. The molecule has 4 aliphatic heterocycles. The number of nitrogens with zero attached hydrogens (tertiary/aromatic N) is 11. The van der Waals surface area contributed by atoms with E-state index in [1.807, 2.05) is 109 Å². The summed E-state index contributed by atoms with van der Waals surface area (Å²) in [5, 5.41) is 19.2. The van der Waals surface area contributed by atoms with E-state index in [0.29, 0.717) is 0 Å². The minimum atomic E-state index is -0.204. The fraction of sp³-hybridized carbons (Fsp3) is 0.160. The van der Waals surface area contributed by atoms with E-state index in [9.17, 15) is 0 Å². The summed E-state index contributed by atoms with van der Waals surface area (Å²) in [4.78, 5) is 20.5. The normalized spacial score (nSPS) is 14.2. The second kappa shape index (κ2) is 28.5. The lowest BCUT2D eigenvalue weighted by Gasteiger charge is -2.44. The van der Waals surface area contributed by atoms with Crippen LogP contribution in [0, 0.1) is 27.7 Å². The maximum atomic E-state index is 5.66. The molecular formula is C106H91Br2N13. The largest absolute Gasteiger partial charge is 0.398 e. The topological polar surface area (TPSA) is 134 Å². The van der Waals surface area contributed by atoms with Gasteiger partial charge in [-0.15, -0.1) is 0 Å². The van der Waals surface area contributed by atoms with E-state index in [1.165, 1.54) is 144 Å². The first-order chi connectivity index (χ1) is 58.3. The second-order valence-corrected chi connectivity index (χ2v) is 36.6. The number of allylic oxidation sites excluding steroid dienone is 1. The number of H-pyrrole nitrogens is 1. The number of nitrogens with two attached hydrogens (primary N) is 1. The van der Waals surface area contributed by atoms with Crippen molar-refractivity contribution in [2.24, 2.45) is 0 Å². The molecule has 0 atom stereocenters. The smallest absolute Gasteiger partial charge is 0.145 e. The third-order valence-corrected chi connectivity index (χ3v) is 26.6. The number of nitrogen functional groups attached to an aromatic ring is 1. The Kier molecular flexibility index (Phi) is 18.0. The van der Waals surface area contributed by atoms with Crippen molar-refractivity contribution in [1.82, 2.24) is 53.2 Å². The first kappa shape index (κ1) is 76.5. The molecule has 0 amide bonds. The van der Waals surface area contributed by atoms with Gasteiger partial charge in [0.05, 0.1) is 67.7 Å². The quantitative estimate of drug-likeness (QED) is 0.168. The number of hydrogen-bond acceptors (Lipinski definition) is 7. The number of anilines is 4. The average molecular weight is 1710 g/mol. The van der Waals surface area contributed by atoms with Crippen LogP contribution in [0.4, 0.5) is 22.7 Å². The first-order valence-electron chi connectivity index (χ1n) is 41.3. The number of aromatic amines is 1. The van der Waals surface area contributed by atoms with E-state index in [4.69, 9.17) is 20.8 Å². The molecule has 13 nitrogen and oxygen atoms in total. The number of benzene rings is 11. The van der Waals surface area contributed by atoms with E-state index < -0.39 is 0 Å². The van der Waals surface area contributed by atoms with E-state index in [0.717, 1.165) is 82.5 Å². The van der Waals surface area contributed by atoms with Crippen molar-refractivity contribution in [2.45, 2.75) is 112 Å². The van der Waals surface area contributed by atoms with Crippen LogP contribution in [0.25, 0.3) is 122 Å². The lowest BCUT2D eigenvalue weighted by atomic mass is 9.69. The van der Waals surface area contributed by atoms with Crippen LogP contribution >= 0.6 is 31.9 Å². The molecule has 9 aromatic heterocycles. The molecule has 4 aliphatic rings. The number of pyridine rings is 3. The summed E-state index contributed by atoms with van der Waals surface area (Å²) in [5.74, 6) is 0. The summed E-state index contributed by atoms with van der Waals surface area (Å²) in [5.41, 5.74) is 41.6. The molecule has 24 rings (SSSR count). The van der Waals surface area contributed by atoms with Crippen molar-refractivity contribution in [1.29, 1.82) is 0 Å². The third kappa shape index (κ3) is 12.1. The van der Waals surface area contributed by atoms with Crippen molar-refractivity contribution >= 4 is 148 Å². The van der Waals surface area contributed by atoms with Crippen LogP contribution in [0.3, 0.4) is 0 Å². The van der Waals surface area contributed by atoms with Gasteiger partial charge in [-0.2, -0.15) is 10.2 Å². The highest BCUT2D eigenvalue weighted by Gasteiger charge is 2.44. The molecule has 0 saturated heterocycles. The number of fused-ring (bicyclic) bond motifs is 20. The summed E-state index contributed by atoms with van der Waals surface area (Å²) >= 11 is 7.08. The van der Waals surface area contributed by atoms with Gasteiger partial charge in [0.25, 0.3) is 0 Å². The maximum Gasteiger partial charge on any atom is 0.145 e. The van der Waals surface area contributed by atoms with Gasteiger partial charge in [0, 0.05) is 126 Å². The summed E-state index contributed by atoms with van der Waals surface area (Å²) < 4.78 is 13.3. The van der Waals surface area contributed by atoms with Gasteiger partial charge in [-0.1, -0.05) is 221 Å². The number of rotatable bonds is 4. The zero-order chi connectivity index (χ0) is 83.6. The molecule has 121 heavy (non-hydrogen) atoms. The van der Waals surface area contributed by atoms with Gasteiger partial charge in [0.2, 0.25) is 0 Å². The zero-order valence-corrected chi connectivity index (χ0v) is 73.3. The van der Waals surface area contributed by atoms with Crippen LogP contribution in [-0.2, 0) is 21.7 Å². The Morgan fingerprint density at radius 1 is 0.339 bits per heavy atom. The average Bonchev–Trinajstić information content (AvgIpc) is 1.54. The lowest BCUT2D eigenvalue weighted by Crippen LogP contribution is -2.33. The Bertz CT molecular complexity index is 7700. The predicted molar refractivity (Wildman–Crippen MR) is 509 cm³/mol. The van der Waals surface area contributed by atoms with Gasteiger partial charge < -0.3 is 15.6 Å². The molecule has 0 fully saturated rings. The molecular weight excluding hydrogens is 1620 g/mol. The summed E-state index contributed by atoms with van der Waals surface area (Å²) in [7, 11) is 0. The van der Waals surface area contributed by atoms with Gasteiger partial charge in [0.1, 0.15) is 16.9 Å². The van der Waals surface area contributed by atoms with Crippen LogP contribution in [0.1, 0.15) is 135 Å². The molecule has 15 heteroatoms. The number of aromatic nitrogens is 11. The van der Waals surface area contributed by atoms with E-state index in [-0.39, 0.29) is 21.7 Å². The van der Waals surface area contributed by atoms with E-state index in [1.54, 1.807) is 0 Å². The fourth-order valence-electron chi connectivity index (χ4n) is 19.9. The van der Waals surface area contributed by atoms with Crippen LogP contribution in [-0.4, -0.2) is 53.2 Å². The van der Waals surface area contributed by atoms with Crippen molar-refractivity contribution in [3.8, 4) is 28.4 Å². The molecule has 0 radical (unpaired) electrons. The summed E-state index contributed by atoms with van der Waals surface area (Å²) in [6.07, 6.45) is 5.69. The van der Waals surface area contributed by atoms with Gasteiger partial charge in [-0.05, 0) is 230 Å². The molecule has 3 N–H and O–H groups in total. The number of aryl methyl sites for hydroxylation is 4. The maximum absolute atomic E-state index is 5.66. The zero-order valence-electron chi connectivity index (χ0n) is 70.1. The summed E-state index contributed by atoms with van der Waals surface area (Å²) in [6.45, 7) is 32.8. The molecule has 13 heterocycles. The third-order valence-electron chi connectivity index (χ3n) is 25.7. The highest BCUT2D eigenvalue weighted by Crippen LogP contribution is 2.58. The van der Waals surface area contributed by atoms with Crippen molar-refractivity contribution < 1.29 is 0 Å². The molecule has 594 valence electrons. The molecule has 0 aliphatic carbocycles. The van der Waals surface area contributed by atoms with Crippen LogP contribution < -0.4 is 10.6 Å². The molecule has 0 spiro atoms. The molecule has 0 saturated carbocycles. The van der Waals surface area contributed by atoms with Gasteiger partial charge in [-0.25, -0.2) is 24.3 Å². The Balaban J connectivity index is 0.000000106. The molecule has 0 unspecified atom stereocenters. The van der Waals surface area contributed by atoms with Gasteiger partial charge >= 0.3 is 0 Å². The van der Waals surface area contributed by atoms with Crippen LogP contribution in [0.2, 0.25) is 0 Å². The minimum Gasteiger partial charge on any atom is -0.398 e. The van der Waals surface area contributed by atoms with Crippen molar-refractivity contribution in [3.05, 3.63) is 374 Å². The molecule has 20 aromatic rings. The number of hydrogen-bond donors (Lipinski definition) is 2. The van der Waals surface area contributed by atoms with Crippen LogP contribution in [0.15, 0.2) is 301 Å².